The lowest BCUT2D eigenvalue weighted by atomic mass is 10.2. The van der Waals surface area contributed by atoms with Crippen LogP contribution in [0.2, 0.25) is 0 Å². The molecule has 0 aliphatic rings. The van der Waals surface area contributed by atoms with E-state index >= 15 is 0 Å². The molecule has 0 radical (unpaired) electrons. The van der Waals surface area contributed by atoms with Crippen molar-refractivity contribution in [3.63, 3.8) is 0 Å². The average molecular weight is 261 g/mol. The number of hydrogen-bond donors (Lipinski definition) is 1. The standard InChI is InChI=1S/C13H15N3OS/c1-9-5-12(14)11(6-15-9)13(17)16(2)7-10-3-4-18-8-10/h3-6,8H,7H2,1-2H3,(H2,14,15). The smallest absolute Gasteiger partial charge is 0.257 e. The van der Waals surface area contributed by atoms with E-state index in [1.807, 2.05) is 23.8 Å². The number of nitrogen functional groups attached to an aromatic ring is 1. The second-order valence-corrected chi connectivity index (χ2v) is 4.99. The molecule has 0 atom stereocenters. The molecular formula is C13H15N3OS. The fourth-order valence-corrected chi connectivity index (χ4v) is 2.35. The van der Waals surface area contributed by atoms with Gasteiger partial charge >= 0.3 is 0 Å². The normalized spacial score (nSPS) is 10.3. The van der Waals surface area contributed by atoms with Gasteiger partial charge in [0.05, 0.1) is 5.56 Å². The summed E-state index contributed by atoms with van der Waals surface area (Å²) in [5.41, 5.74) is 8.71. The van der Waals surface area contributed by atoms with Crippen LogP contribution in [0.5, 0.6) is 0 Å². The van der Waals surface area contributed by atoms with E-state index in [1.165, 1.54) is 6.20 Å². The van der Waals surface area contributed by atoms with Crippen molar-refractivity contribution in [3.8, 4) is 0 Å². The molecule has 1 amide bonds. The van der Waals surface area contributed by atoms with Crippen molar-refractivity contribution in [3.05, 3.63) is 45.9 Å². The minimum atomic E-state index is -0.105. The van der Waals surface area contributed by atoms with Crippen molar-refractivity contribution < 1.29 is 4.79 Å². The van der Waals surface area contributed by atoms with Crippen LogP contribution in [0.4, 0.5) is 5.69 Å². The molecule has 5 heteroatoms. The lowest BCUT2D eigenvalue weighted by Gasteiger charge is -2.17. The Bertz CT molecular complexity index is 551. The van der Waals surface area contributed by atoms with Gasteiger partial charge in [0.1, 0.15) is 0 Å². The van der Waals surface area contributed by atoms with Gasteiger partial charge in [-0.15, -0.1) is 0 Å². The molecule has 2 heterocycles. The zero-order valence-corrected chi connectivity index (χ0v) is 11.2. The Hall–Kier alpha value is -1.88. The van der Waals surface area contributed by atoms with Crippen molar-refractivity contribution in [1.82, 2.24) is 9.88 Å². The highest BCUT2D eigenvalue weighted by molar-refractivity contribution is 7.07. The third-order valence-electron chi connectivity index (χ3n) is 2.65. The van der Waals surface area contributed by atoms with Gasteiger partial charge in [-0.2, -0.15) is 11.3 Å². The average Bonchev–Trinajstić information content (AvgIpc) is 2.81. The summed E-state index contributed by atoms with van der Waals surface area (Å²) in [6, 6.07) is 3.72. The minimum Gasteiger partial charge on any atom is -0.398 e. The molecule has 2 aromatic rings. The molecule has 94 valence electrons. The van der Waals surface area contributed by atoms with E-state index < -0.39 is 0 Å². The van der Waals surface area contributed by atoms with Crippen LogP contribution in [0, 0.1) is 6.92 Å². The van der Waals surface area contributed by atoms with Crippen LogP contribution in [0.15, 0.2) is 29.1 Å². The van der Waals surface area contributed by atoms with Crippen LogP contribution in [-0.4, -0.2) is 22.8 Å². The molecule has 2 rings (SSSR count). The number of amides is 1. The molecule has 0 unspecified atom stereocenters. The second-order valence-electron chi connectivity index (χ2n) is 4.21. The molecule has 0 aliphatic heterocycles. The van der Waals surface area contributed by atoms with E-state index in [2.05, 4.69) is 4.98 Å². The zero-order chi connectivity index (χ0) is 13.1. The molecule has 0 saturated carbocycles. The van der Waals surface area contributed by atoms with Gasteiger partial charge in [0.2, 0.25) is 0 Å². The Morgan fingerprint density at radius 3 is 2.94 bits per heavy atom. The number of aromatic nitrogens is 1. The molecule has 0 aliphatic carbocycles. The number of thiophene rings is 1. The summed E-state index contributed by atoms with van der Waals surface area (Å²) in [6.45, 7) is 2.43. The first-order chi connectivity index (χ1) is 8.58. The first kappa shape index (κ1) is 12.6. The Labute approximate surface area is 110 Å². The number of pyridine rings is 1. The summed E-state index contributed by atoms with van der Waals surface area (Å²) in [6.07, 6.45) is 1.54. The van der Waals surface area contributed by atoms with Crippen molar-refractivity contribution in [2.75, 3.05) is 12.8 Å². The Kier molecular flexibility index (Phi) is 3.62. The summed E-state index contributed by atoms with van der Waals surface area (Å²) in [5.74, 6) is -0.105. The molecule has 0 saturated heterocycles. The monoisotopic (exact) mass is 261 g/mol. The number of hydrogen-bond acceptors (Lipinski definition) is 4. The third kappa shape index (κ3) is 2.68. The maximum absolute atomic E-state index is 12.2. The number of carbonyl (C=O) groups excluding carboxylic acids is 1. The largest absolute Gasteiger partial charge is 0.398 e. The molecule has 2 aromatic heterocycles. The van der Waals surface area contributed by atoms with Crippen molar-refractivity contribution in [2.24, 2.45) is 0 Å². The fraction of sp³-hybridized carbons (Fsp3) is 0.231. The predicted octanol–water partition coefficient (Wildman–Crippen LogP) is 2.31. The second kappa shape index (κ2) is 5.18. The summed E-state index contributed by atoms with van der Waals surface area (Å²) in [5, 5.41) is 4.02. The lowest BCUT2D eigenvalue weighted by molar-refractivity contribution is 0.0786. The van der Waals surface area contributed by atoms with Gasteiger partial charge in [-0.1, -0.05) is 0 Å². The molecular weight excluding hydrogens is 246 g/mol. The molecule has 4 nitrogen and oxygen atoms in total. The zero-order valence-electron chi connectivity index (χ0n) is 10.4. The van der Waals surface area contributed by atoms with Crippen LogP contribution in [0.1, 0.15) is 21.6 Å². The van der Waals surface area contributed by atoms with Gasteiger partial charge in [-0.3, -0.25) is 9.78 Å². The molecule has 0 fully saturated rings. The molecule has 0 aromatic carbocycles. The lowest BCUT2D eigenvalue weighted by Crippen LogP contribution is -2.27. The number of anilines is 1. The first-order valence-electron chi connectivity index (χ1n) is 5.56. The Morgan fingerprint density at radius 1 is 1.56 bits per heavy atom. The number of nitrogens with zero attached hydrogens (tertiary/aromatic N) is 2. The van der Waals surface area contributed by atoms with E-state index in [0.29, 0.717) is 17.8 Å². The quantitative estimate of drug-likeness (QED) is 0.922. The van der Waals surface area contributed by atoms with Gasteiger partial charge < -0.3 is 10.6 Å². The molecule has 0 spiro atoms. The molecule has 2 N–H and O–H groups in total. The number of aryl methyl sites for hydroxylation is 1. The SMILES string of the molecule is Cc1cc(N)c(C(=O)N(C)Cc2ccsc2)cn1. The number of nitrogens with two attached hydrogens (primary N) is 1. The molecule has 18 heavy (non-hydrogen) atoms. The maximum atomic E-state index is 12.2. The van der Waals surface area contributed by atoms with Crippen LogP contribution in [-0.2, 0) is 6.54 Å². The van der Waals surface area contributed by atoms with Crippen molar-refractivity contribution in [2.45, 2.75) is 13.5 Å². The van der Waals surface area contributed by atoms with Gasteiger partial charge in [0, 0.05) is 31.2 Å². The minimum absolute atomic E-state index is 0.105. The number of rotatable bonds is 3. The summed E-state index contributed by atoms with van der Waals surface area (Å²) in [4.78, 5) is 18.0. The highest BCUT2D eigenvalue weighted by Crippen LogP contribution is 2.15. The highest BCUT2D eigenvalue weighted by atomic mass is 32.1. The summed E-state index contributed by atoms with van der Waals surface area (Å²) < 4.78 is 0. The van der Waals surface area contributed by atoms with Gasteiger partial charge in [-0.05, 0) is 35.4 Å². The van der Waals surface area contributed by atoms with Crippen molar-refractivity contribution >= 4 is 22.9 Å². The van der Waals surface area contributed by atoms with E-state index in [0.717, 1.165) is 11.3 Å². The van der Waals surface area contributed by atoms with E-state index in [9.17, 15) is 4.79 Å². The van der Waals surface area contributed by atoms with Crippen LogP contribution in [0.3, 0.4) is 0 Å². The topological polar surface area (TPSA) is 59.2 Å². The predicted molar refractivity (Wildman–Crippen MR) is 73.5 cm³/mol. The number of carbonyl (C=O) groups is 1. The van der Waals surface area contributed by atoms with Crippen molar-refractivity contribution in [1.29, 1.82) is 0 Å². The van der Waals surface area contributed by atoms with Gasteiger partial charge in [0.25, 0.3) is 5.91 Å². The van der Waals surface area contributed by atoms with E-state index in [4.69, 9.17) is 5.73 Å². The maximum Gasteiger partial charge on any atom is 0.257 e. The van der Waals surface area contributed by atoms with E-state index in [1.54, 1.807) is 29.4 Å². The summed E-state index contributed by atoms with van der Waals surface area (Å²) >= 11 is 1.62. The first-order valence-corrected chi connectivity index (χ1v) is 6.51. The third-order valence-corrected chi connectivity index (χ3v) is 3.38. The molecule has 0 bridgehead atoms. The Balaban J connectivity index is 2.15. The van der Waals surface area contributed by atoms with Gasteiger partial charge in [-0.25, -0.2) is 0 Å². The summed E-state index contributed by atoms with van der Waals surface area (Å²) in [7, 11) is 1.76. The van der Waals surface area contributed by atoms with E-state index in [-0.39, 0.29) is 5.91 Å². The highest BCUT2D eigenvalue weighted by Gasteiger charge is 2.15. The fourth-order valence-electron chi connectivity index (χ4n) is 1.69. The van der Waals surface area contributed by atoms with Crippen LogP contribution >= 0.6 is 11.3 Å². The van der Waals surface area contributed by atoms with Crippen LogP contribution in [0.25, 0.3) is 0 Å². The Morgan fingerprint density at radius 2 is 2.33 bits per heavy atom. The van der Waals surface area contributed by atoms with Gasteiger partial charge in [0.15, 0.2) is 0 Å². The van der Waals surface area contributed by atoms with Crippen LogP contribution < -0.4 is 5.73 Å².